The van der Waals surface area contributed by atoms with E-state index in [0.717, 1.165) is 5.56 Å². The number of carbonyl (C=O) groups excluding carboxylic acids is 1. The van der Waals surface area contributed by atoms with Crippen molar-refractivity contribution in [1.82, 2.24) is 9.21 Å². The molecule has 2 unspecified atom stereocenters. The second kappa shape index (κ2) is 8.38. The molecule has 7 nitrogen and oxygen atoms in total. The lowest BCUT2D eigenvalue weighted by molar-refractivity contribution is -0.274. The number of aryl methyl sites for hydroxylation is 1. The Labute approximate surface area is 183 Å². The number of sulfonamides is 1. The first-order chi connectivity index (χ1) is 15.0. The van der Waals surface area contributed by atoms with E-state index in [9.17, 15) is 26.4 Å². The summed E-state index contributed by atoms with van der Waals surface area (Å²) in [4.78, 5) is 14.2. The molecular formula is C21H21F3N2O5S. The Bertz CT molecular complexity index is 1090. The van der Waals surface area contributed by atoms with Gasteiger partial charge in [0, 0.05) is 19.6 Å². The van der Waals surface area contributed by atoms with Crippen LogP contribution in [0.4, 0.5) is 13.2 Å². The van der Waals surface area contributed by atoms with Crippen molar-refractivity contribution in [2.24, 2.45) is 0 Å². The van der Waals surface area contributed by atoms with E-state index >= 15 is 0 Å². The van der Waals surface area contributed by atoms with E-state index in [1.165, 1.54) is 33.5 Å². The normalized spacial score (nSPS) is 22.1. The Morgan fingerprint density at radius 1 is 1.06 bits per heavy atom. The second-order valence-corrected chi connectivity index (χ2v) is 9.70. The van der Waals surface area contributed by atoms with E-state index in [2.05, 4.69) is 4.74 Å². The number of fused-ring (bicyclic) bond motifs is 1. The summed E-state index contributed by atoms with van der Waals surface area (Å²) in [5.74, 6) is -0.667. The summed E-state index contributed by atoms with van der Waals surface area (Å²) in [7, 11) is -3.76. The molecule has 32 heavy (non-hydrogen) atoms. The highest BCUT2D eigenvalue weighted by Gasteiger charge is 2.46. The lowest BCUT2D eigenvalue weighted by Crippen LogP contribution is -2.53. The van der Waals surface area contributed by atoms with Gasteiger partial charge in [0.1, 0.15) is 12.4 Å². The van der Waals surface area contributed by atoms with Crippen molar-refractivity contribution in [3.63, 3.8) is 0 Å². The smallest absolute Gasteiger partial charge is 0.406 e. The van der Waals surface area contributed by atoms with E-state index in [1.807, 2.05) is 6.92 Å². The Morgan fingerprint density at radius 2 is 1.72 bits per heavy atom. The molecular weight excluding hydrogens is 449 g/mol. The van der Waals surface area contributed by atoms with Crippen LogP contribution in [-0.4, -0.2) is 61.7 Å². The third-order valence-corrected chi connectivity index (χ3v) is 7.36. The monoisotopic (exact) mass is 470 g/mol. The molecule has 2 fully saturated rings. The van der Waals surface area contributed by atoms with Gasteiger partial charge in [0.2, 0.25) is 15.9 Å². The highest BCUT2D eigenvalue weighted by molar-refractivity contribution is 7.89. The number of ether oxygens (including phenoxy) is 2. The summed E-state index contributed by atoms with van der Waals surface area (Å²) in [5, 5.41) is 0. The van der Waals surface area contributed by atoms with Crippen LogP contribution in [0.1, 0.15) is 11.1 Å². The fourth-order valence-corrected chi connectivity index (χ4v) is 5.36. The fourth-order valence-electron chi connectivity index (χ4n) is 3.89. The molecule has 2 heterocycles. The van der Waals surface area contributed by atoms with E-state index in [-0.39, 0.29) is 42.8 Å². The van der Waals surface area contributed by atoms with Gasteiger partial charge in [-0.15, -0.1) is 13.2 Å². The Hall–Kier alpha value is -2.63. The molecule has 2 aromatic rings. The Balaban J connectivity index is 1.50. The molecule has 0 bridgehead atoms. The third kappa shape index (κ3) is 4.74. The number of carbonyl (C=O) groups is 1. The summed E-state index contributed by atoms with van der Waals surface area (Å²) in [5.41, 5.74) is 1.53. The molecule has 4 rings (SSSR count). The number of hydrogen-bond acceptors (Lipinski definition) is 5. The first kappa shape index (κ1) is 22.6. The van der Waals surface area contributed by atoms with Crippen LogP contribution in [-0.2, 0) is 26.1 Å². The zero-order chi connectivity index (χ0) is 23.1. The van der Waals surface area contributed by atoms with Gasteiger partial charge in [-0.1, -0.05) is 29.8 Å². The molecule has 0 N–H and O–H groups in total. The molecule has 0 aliphatic carbocycles. The maximum Gasteiger partial charge on any atom is 0.573 e. The second-order valence-electron chi connectivity index (χ2n) is 7.77. The summed E-state index contributed by atoms with van der Waals surface area (Å²) in [6.07, 6.45) is -5.27. The van der Waals surface area contributed by atoms with Gasteiger partial charge >= 0.3 is 6.36 Å². The van der Waals surface area contributed by atoms with Crippen molar-refractivity contribution in [2.45, 2.75) is 36.9 Å². The van der Waals surface area contributed by atoms with Crippen LogP contribution >= 0.6 is 0 Å². The quantitative estimate of drug-likeness (QED) is 0.672. The fraction of sp³-hybridized carbons (Fsp3) is 0.381. The van der Waals surface area contributed by atoms with Crippen molar-refractivity contribution in [1.29, 1.82) is 0 Å². The van der Waals surface area contributed by atoms with Gasteiger partial charge in [0.25, 0.3) is 0 Å². The maximum absolute atomic E-state index is 13.0. The number of amides is 1. The van der Waals surface area contributed by atoms with Crippen LogP contribution in [0.25, 0.3) is 0 Å². The highest BCUT2D eigenvalue weighted by Crippen LogP contribution is 2.30. The molecule has 0 aromatic heterocycles. The lowest BCUT2D eigenvalue weighted by Gasteiger charge is -2.36. The predicted octanol–water partition coefficient (Wildman–Crippen LogP) is 2.69. The predicted molar refractivity (Wildman–Crippen MR) is 107 cm³/mol. The minimum absolute atomic E-state index is 0.0713. The zero-order valence-corrected chi connectivity index (χ0v) is 17.9. The molecule has 2 saturated heterocycles. The minimum atomic E-state index is -4.79. The van der Waals surface area contributed by atoms with Gasteiger partial charge in [0.15, 0.2) is 0 Å². The lowest BCUT2D eigenvalue weighted by atomic mass is 10.1. The molecule has 2 aliphatic heterocycles. The van der Waals surface area contributed by atoms with Gasteiger partial charge in [-0.05, 0) is 36.8 Å². The van der Waals surface area contributed by atoms with Crippen LogP contribution in [0.3, 0.4) is 0 Å². The molecule has 172 valence electrons. The average molecular weight is 470 g/mol. The first-order valence-corrected chi connectivity index (χ1v) is 11.3. The first-order valence-electron chi connectivity index (χ1n) is 9.85. The van der Waals surface area contributed by atoms with E-state index in [0.29, 0.717) is 5.56 Å². The highest BCUT2D eigenvalue weighted by atomic mass is 32.2. The van der Waals surface area contributed by atoms with Gasteiger partial charge in [-0.2, -0.15) is 4.31 Å². The van der Waals surface area contributed by atoms with Crippen LogP contribution in [0, 0.1) is 6.92 Å². The molecule has 2 aliphatic rings. The molecule has 1 amide bonds. The van der Waals surface area contributed by atoms with E-state index < -0.39 is 28.5 Å². The number of alkyl halides is 3. The van der Waals surface area contributed by atoms with Crippen molar-refractivity contribution >= 4 is 15.9 Å². The molecule has 0 saturated carbocycles. The topological polar surface area (TPSA) is 76.2 Å². The number of halogens is 3. The number of rotatable bonds is 5. The van der Waals surface area contributed by atoms with Gasteiger partial charge in [0.05, 0.1) is 17.0 Å². The number of hydrogen-bond donors (Lipinski definition) is 0. The maximum atomic E-state index is 13.0. The van der Waals surface area contributed by atoms with Crippen molar-refractivity contribution in [2.75, 3.05) is 19.7 Å². The summed E-state index contributed by atoms with van der Waals surface area (Å²) >= 11 is 0. The molecule has 11 heteroatoms. The zero-order valence-electron chi connectivity index (χ0n) is 17.1. The van der Waals surface area contributed by atoms with Gasteiger partial charge in [-0.3, -0.25) is 4.79 Å². The largest absolute Gasteiger partial charge is 0.573 e. The van der Waals surface area contributed by atoms with Gasteiger partial charge < -0.3 is 14.4 Å². The van der Waals surface area contributed by atoms with E-state index in [4.69, 9.17) is 4.74 Å². The average Bonchev–Trinajstić information content (AvgIpc) is 3.16. The Kier molecular flexibility index (Phi) is 5.91. The van der Waals surface area contributed by atoms with Crippen molar-refractivity contribution < 1.29 is 35.9 Å². The van der Waals surface area contributed by atoms with E-state index in [1.54, 1.807) is 24.3 Å². The molecule has 0 radical (unpaired) electrons. The molecule has 0 spiro atoms. The van der Waals surface area contributed by atoms with Crippen LogP contribution < -0.4 is 4.74 Å². The number of morpholine rings is 1. The van der Waals surface area contributed by atoms with Crippen molar-refractivity contribution in [3.8, 4) is 5.75 Å². The van der Waals surface area contributed by atoms with Crippen LogP contribution in [0.5, 0.6) is 5.75 Å². The SMILES string of the molecule is Cc1ccc(S(=O)(=O)N2CC3OCC(=O)N(Cc4ccc(OC(F)(F)F)cc4)C3C2)cc1. The van der Waals surface area contributed by atoms with Gasteiger partial charge in [-0.25, -0.2) is 8.42 Å². The van der Waals surface area contributed by atoms with Crippen LogP contribution in [0.2, 0.25) is 0 Å². The number of nitrogens with zero attached hydrogens (tertiary/aromatic N) is 2. The minimum Gasteiger partial charge on any atom is -0.406 e. The third-order valence-electron chi connectivity index (χ3n) is 5.51. The molecule has 2 aromatic carbocycles. The summed E-state index contributed by atoms with van der Waals surface area (Å²) in [6.45, 7) is 1.98. The standard InChI is InChI=1S/C21H21F3N2O5S/c1-14-2-8-17(9-3-14)32(28,29)25-11-18-19(12-25)30-13-20(27)26(18)10-15-4-6-16(7-5-15)31-21(22,23)24/h2-9,18-19H,10-13H2,1H3. The van der Waals surface area contributed by atoms with Crippen LogP contribution in [0.15, 0.2) is 53.4 Å². The molecule has 2 atom stereocenters. The van der Waals surface area contributed by atoms with Crippen molar-refractivity contribution in [3.05, 3.63) is 59.7 Å². The number of benzene rings is 2. The Morgan fingerprint density at radius 3 is 2.34 bits per heavy atom. The summed E-state index contributed by atoms with van der Waals surface area (Å²) in [6, 6.07) is 11.2. The summed E-state index contributed by atoms with van der Waals surface area (Å²) < 4.78 is 73.9.